The Labute approximate surface area is 160 Å². The minimum Gasteiger partial charge on any atom is -0.323 e. The molecule has 4 heteroatoms. The predicted molar refractivity (Wildman–Crippen MR) is 107 cm³/mol. The van der Waals surface area contributed by atoms with Crippen molar-refractivity contribution in [1.82, 2.24) is 9.55 Å². The van der Waals surface area contributed by atoms with Crippen molar-refractivity contribution in [2.24, 2.45) is 0 Å². The number of halogens is 2. The van der Waals surface area contributed by atoms with Crippen LogP contribution in [0.15, 0.2) is 77.3 Å². The first-order chi connectivity index (χ1) is 12.2. The first kappa shape index (κ1) is 16.4. The van der Waals surface area contributed by atoms with Gasteiger partial charge in [-0.15, -0.1) is 0 Å². The summed E-state index contributed by atoms with van der Waals surface area (Å²) in [4.78, 5) is 4.86. The predicted octanol–water partition coefficient (Wildman–Crippen LogP) is 6.09. The van der Waals surface area contributed by atoms with Crippen molar-refractivity contribution in [3.05, 3.63) is 99.2 Å². The van der Waals surface area contributed by atoms with Crippen molar-refractivity contribution < 1.29 is 0 Å². The van der Waals surface area contributed by atoms with Gasteiger partial charge in [-0.3, -0.25) is 0 Å². The number of imidazole rings is 1. The number of hydrogen-bond donors (Lipinski definition) is 0. The van der Waals surface area contributed by atoms with E-state index >= 15 is 0 Å². The number of aromatic nitrogens is 2. The zero-order valence-electron chi connectivity index (χ0n) is 13.5. The molecule has 0 radical (unpaired) electrons. The average molecular weight is 412 g/mol. The molecular formula is C21H16BrClN2. The second-order valence-electron chi connectivity index (χ2n) is 6.03. The molecule has 4 aromatic rings. The smallest absolute Gasteiger partial charge is 0.114 e. The van der Waals surface area contributed by atoms with E-state index in [9.17, 15) is 0 Å². The molecule has 0 bridgehead atoms. The van der Waals surface area contributed by atoms with Crippen LogP contribution in [0.25, 0.3) is 11.0 Å². The molecule has 0 fully saturated rings. The molecule has 0 unspecified atom stereocenters. The fraction of sp³-hybridized carbons (Fsp3) is 0.0952. The lowest BCUT2D eigenvalue weighted by molar-refractivity contribution is 0.762. The minimum absolute atomic E-state index is 0.757. The molecule has 2 nitrogen and oxygen atoms in total. The fourth-order valence-corrected chi connectivity index (χ4v) is 3.38. The van der Waals surface area contributed by atoms with Crippen LogP contribution in [0.1, 0.15) is 17.0 Å². The summed E-state index contributed by atoms with van der Waals surface area (Å²) in [5.74, 6) is 1.06. The summed E-state index contributed by atoms with van der Waals surface area (Å²) in [7, 11) is 0. The van der Waals surface area contributed by atoms with Crippen LogP contribution in [0.2, 0.25) is 5.02 Å². The van der Waals surface area contributed by atoms with E-state index in [1.165, 1.54) is 11.1 Å². The van der Waals surface area contributed by atoms with E-state index in [1.54, 1.807) is 0 Å². The van der Waals surface area contributed by atoms with Gasteiger partial charge in [0.1, 0.15) is 5.82 Å². The highest BCUT2D eigenvalue weighted by Gasteiger charge is 2.11. The van der Waals surface area contributed by atoms with E-state index in [0.29, 0.717) is 0 Å². The number of benzene rings is 3. The first-order valence-electron chi connectivity index (χ1n) is 8.12. The third kappa shape index (κ3) is 3.63. The van der Waals surface area contributed by atoms with Crippen molar-refractivity contribution in [3.63, 3.8) is 0 Å². The summed E-state index contributed by atoms with van der Waals surface area (Å²) in [6.45, 7) is 0.802. The third-order valence-electron chi connectivity index (χ3n) is 4.26. The van der Waals surface area contributed by atoms with Gasteiger partial charge < -0.3 is 4.57 Å². The summed E-state index contributed by atoms with van der Waals surface area (Å²) in [6, 6.07) is 24.7. The fourth-order valence-electron chi connectivity index (χ4n) is 2.99. The van der Waals surface area contributed by atoms with Gasteiger partial charge in [0.05, 0.1) is 11.0 Å². The van der Waals surface area contributed by atoms with Gasteiger partial charge in [0, 0.05) is 22.5 Å². The molecule has 4 rings (SSSR count). The molecule has 3 aromatic carbocycles. The molecule has 0 aliphatic carbocycles. The molecule has 0 aliphatic heterocycles. The van der Waals surface area contributed by atoms with Crippen LogP contribution in [0.3, 0.4) is 0 Å². The standard InChI is InChI=1S/C21H16BrClN2/c22-17-9-5-16(6-10-17)14-25-20-4-2-1-3-19(20)24-21(25)13-15-7-11-18(23)12-8-15/h1-12H,13-14H2. The highest BCUT2D eigenvalue weighted by Crippen LogP contribution is 2.21. The Morgan fingerprint density at radius 1 is 0.840 bits per heavy atom. The SMILES string of the molecule is Clc1ccc(Cc2nc3ccccc3n2Cc2ccc(Br)cc2)cc1. The van der Waals surface area contributed by atoms with Gasteiger partial charge in [0.25, 0.3) is 0 Å². The van der Waals surface area contributed by atoms with E-state index in [1.807, 2.05) is 18.2 Å². The first-order valence-corrected chi connectivity index (χ1v) is 9.29. The monoisotopic (exact) mass is 410 g/mol. The lowest BCUT2D eigenvalue weighted by Gasteiger charge is -2.10. The minimum atomic E-state index is 0.757. The lowest BCUT2D eigenvalue weighted by atomic mass is 10.1. The van der Waals surface area contributed by atoms with Crippen LogP contribution in [0.5, 0.6) is 0 Å². The summed E-state index contributed by atoms with van der Waals surface area (Å²) in [5, 5.41) is 0.757. The summed E-state index contributed by atoms with van der Waals surface area (Å²) in [5.41, 5.74) is 4.65. The quantitative estimate of drug-likeness (QED) is 0.397. The van der Waals surface area contributed by atoms with Crippen molar-refractivity contribution >= 4 is 38.6 Å². The highest BCUT2D eigenvalue weighted by molar-refractivity contribution is 9.10. The number of rotatable bonds is 4. The van der Waals surface area contributed by atoms with Crippen molar-refractivity contribution in [2.45, 2.75) is 13.0 Å². The van der Waals surface area contributed by atoms with Gasteiger partial charge in [-0.2, -0.15) is 0 Å². The van der Waals surface area contributed by atoms with E-state index in [0.717, 1.165) is 39.3 Å². The van der Waals surface area contributed by atoms with E-state index in [2.05, 4.69) is 75.1 Å². The van der Waals surface area contributed by atoms with Crippen LogP contribution >= 0.6 is 27.5 Å². The zero-order chi connectivity index (χ0) is 17.2. The molecule has 0 spiro atoms. The second-order valence-corrected chi connectivity index (χ2v) is 7.38. The molecule has 0 aliphatic rings. The summed E-state index contributed by atoms with van der Waals surface area (Å²) in [6.07, 6.45) is 0.780. The van der Waals surface area contributed by atoms with Crippen LogP contribution in [0, 0.1) is 0 Å². The van der Waals surface area contributed by atoms with E-state index in [4.69, 9.17) is 16.6 Å². The number of para-hydroxylation sites is 2. The van der Waals surface area contributed by atoms with Crippen molar-refractivity contribution in [1.29, 1.82) is 0 Å². The van der Waals surface area contributed by atoms with Gasteiger partial charge >= 0.3 is 0 Å². The maximum absolute atomic E-state index is 6.01. The van der Waals surface area contributed by atoms with Crippen LogP contribution in [-0.4, -0.2) is 9.55 Å². The normalized spacial score (nSPS) is 11.1. The molecule has 0 saturated heterocycles. The molecule has 124 valence electrons. The molecule has 1 heterocycles. The van der Waals surface area contributed by atoms with Gasteiger partial charge in [-0.25, -0.2) is 4.98 Å². The largest absolute Gasteiger partial charge is 0.323 e. The van der Waals surface area contributed by atoms with Gasteiger partial charge in [0.2, 0.25) is 0 Å². The average Bonchev–Trinajstić information content (AvgIpc) is 2.96. The number of hydrogen-bond acceptors (Lipinski definition) is 1. The van der Waals surface area contributed by atoms with Crippen molar-refractivity contribution in [3.8, 4) is 0 Å². The highest BCUT2D eigenvalue weighted by atomic mass is 79.9. The van der Waals surface area contributed by atoms with E-state index in [-0.39, 0.29) is 0 Å². The Bertz CT molecular complexity index is 1000. The van der Waals surface area contributed by atoms with E-state index < -0.39 is 0 Å². The van der Waals surface area contributed by atoms with Crippen molar-refractivity contribution in [2.75, 3.05) is 0 Å². The Kier molecular flexibility index (Phi) is 4.60. The molecule has 0 N–H and O–H groups in total. The second kappa shape index (κ2) is 7.03. The molecule has 0 atom stereocenters. The molecule has 25 heavy (non-hydrogen) atoms. The zero-order valence-corrected chi connectivity index (χ0v) is 15.8. The molecule has 0 amide bonds. The maximum atomic E-state index is 6.01. The molecular weight excluding hydrogens is 396 g/mol. The molecule has 0 saturated carbocycles. The Morgan fingerprint density at radius 3 is 2.28 bits per heavy atom. The van der Waals surface area contributed by atoms with Crippen LogP contribution in [0.4, 0.5) is 0 Å². The topological polar surface area (TPSA) is 17.8 Å². The number of nitrogens with zero attached hydrogens (tertiary/aromatic N) is 2. The Balaban J connectivity index is 1.74. The van der Waals surface area contributed by atoms with Crippen LogP contribution < -0.4 is 0 Å². The van der Waals surface area contributed by atoms with Gasteiger partial charge in [0.15, 0.2) is 0 Å². The number of fused-ring (bicyclic) bond motifs is 1. The Morgan fingerprint density at radius 2 is 1.52 bits per heavy atom. The Hall–Kier alpha value is -2.10. The third-order valence-corrected chi connectivity index (χ3v) is 5.04. The lowest BCUT2D eigenvalue weighted by Crippen LogP contribution is -2.06. The summed E-state index contributed by atoms with van der Waals surface area (Å²) < 4.78 is 3.39. The van der Waals surface area contributed by atoms with Crippen LogP contribution in [-0.2, 0) is 13.0 Å². The van der Waals surface area contributed by atoms with Gasteiger partial charge in [-0.05, 0) is 47.5 Å². The van der Waals surface area contributed by atoms with Gasteiger partial charge in [-0.1, -0.05) is 63.9 Å². The summed E-state index contributed by atoms with van der Waals surface area (Å²) >= 11 is 9.50. The maximum Gasteiger partial charge on any atom is 0.114 e. The molecule has 1 aromatic heterocycles.